The number of aromatic nitrogens is 3. The van der Waals surface area contributed by atoms with Crippen LogP contribution in [0, 0.1) is 6.92 Å². The van der Waals surface area contributed by atoms with Gasteiger partial charge in [0.05, 0.1) is 11.2 Å². The summed E-state index contributed by atoms with van der Waals surface area (Å²) in [4.78, 5) is 10.8. The van der Waals surface area contributed by atoms with Crippen LogP contribution in [0.4, 0.5) is 0 Å². The summed E-state index contributed by atoms with van der Waals surface area (Å²) in [5, 5.41) is 14.9. The van der Waals surface area contributed by atoms with E-state index >= 15 is 0 Å². The average molecular weight is 316 g/mol. The molecule has 2 heterocycles. The van der Waals surface area contributed by atoms with Crippen molar-refractivity contribution >= 4 is 34.5 Å². The fraction of sp³-hybridized carbons (Fsp3) is 0.125. The van der Waals surface area contributed by atoms with E-state index in [1.165, 1.54) is 0 Å². The Morgan fingerprint density at radius 1 is 1.36 bits per heavy atom. The van der Waals surface area contributed by atoms with Gasteiger partial charge in [0.25, 0.3) is 0 Å². The van der Waals surface area contributed by atoms with E-state index in [-0.39, 0.29) is 0 Å². The van der Waals surface area contributed by atoms with Gasteiger partial charge in [-0.25, -0.2) is 4.79 Å². The van der Waals surface area contributed by atoms with Gasteiger partial charge in [0.1, 0.15) is 5.82 Å². The molecule has 0 aliphatic heterocycles. The van der Waals surface area contributed by atoms with E-state index in [0.717, 1.165) is 34.1 Å². The van der Waals surface area contributed by atoms with Gasteiger partial charge in [0.15, 0.2) is 0 Å². The van der Waals surface area contributed by atoms with Crippen LogP contribution in [0.2, 0.25) is 5.02 Å². The molecule has 0 saturated carbocycles. The van der Waals surface area contributed by atoms with Crippen molar-refractivity contribution < 1.29 is 9.90 Å². The maximum atomic E-state index is 10.8. The van der Waals surface area contributed by atoms with E-state index in [1.54, 1.807) is 10.8 Å². The lowest BCUT2D eigenvalue weighted by atomic mass is 10.2. The maximum absolute atomic E-state index is 10.8. The number of hydrogen-bond donors (Lipinski definition) is 1. The lowest BCUT2D eigenvalue weighted by Gasteiger charge is -2.08. The van der Waals surface area contributed by atoms with Gasteiger partial charge in [-0.1, -0.05) is 17.7 Å². The Morgan fingerprint density at radius 3 is 2.86 bits per heavy atom. The monoisotopic (exact) mass is 315 g/mol. The summed E-state index contributed by atoms with van der Waals surface area (Å²) < 4.78 is 3.69. The summed E-state index contributed by atoms with van der Waals surface area (Å²) in [7, 11) is 1.83. The molecule has 0 spiro atoms. The number of nitrogens with zero attached hydrogens (tertiary/aromatic N) is 3. The van der Waals surface area contributed by atoms with Crippen LogP contribution in [0.15, 0.2) is 36.5 Å². The maximum Gasteiger partial charge on any atom is 0.328 e. The van der Waals surface area contributed by atoms with Crippen molar-refractivity contribution in [2.24, 2.45) is 7.05 Å². The smallest absolute Gasteiger partial charge is 0.328 e. The van der Waals surface area contributed by atoms with Crippen molar-refractivity contribution in [1.82, 2.24) is 14.3 Å². The lowest BCUT2D eigenvalue weighted by Crippen LogP contribution is -2.03. The molecule has 0 saturated heterocycles. The normalized spacial score (nSPS) is 11.6. The molecule has 0 atom stereocenters. The minimum atomic E-state index is -0.991. The number of carbonyl (C=O) groups is 1. The van der Waals surface area contributed by atoms with E-state index in [2.05, 4.69) is 5.10 Å². The van der Waals surface area contributed by atoms with Crippen LogP contribution in [0.5, 0.6) is 0 Å². The van der Waals surface area contributed by atoms with Crippen molar-refractivity contribution in [2.45, 2.75) is 6.92 Å². The molecule has 6 heteroatoms. The fourth-order valence-electron chi connectivity index (χ4n) is 2.61. The van der Waals surface area contributed by atoms with Crippen LogP contribution in [-0.4, -0.2) is 25.4 Å². The van der Waals surface area contributed by atoms with Gasteiger partial charge >= 0.3 is 5.97 Å². The number of benzene rings is 1. The zero-order chi connectivity index (χ0) is 15.9. The van der Waals surface area contributed by atoms with Crippen molar-refractivity contribution in [3.05, 3.63) is 52.8 Å². The highest BCUT2D eigenvalue weighted by Gasteiger charge is 2.15. The number of carboxylic acids is 1. The highest BCUT2D eigenvalue weighted by molar-refractivity contribution is 6.35. The molecule has 0 amide bonds. The van der Waals surface area contributed by atoms with Crippen molar-refractivity contribution in [3.63, 3.8) is 0 Å². The lowest BCUT2D eigenvalue weighted by molar-refractivity contribution is -0.131. The Labute approximate surface area is 132 Å². The van der Waals surface area contributed by atoms with E-state index in [4.69, 9.17) is 16.7 Å². The molecule has 2 aromatic heterocycles. The number of hydrogen-bond acceptors (Lipinski definition) is 2. The number of halogens is 1. The van der Waals surface area contributed by atoms with E-state index in [1.807, 2.05) is 49.0 Å². The van der Waals surface area contributed by atoms with Crippen LogP contribution < -0.4 is 0 Å². The van der Waals surface area contributed by atoms with Gasteiger partial charge in [-0.15, -0.1) is 0 Å². The Morgan fingerprint density at radius 2 is 2.14 bits per heavy atom. The quantitative estimate of drug-likeness (QED) is 0.753. The molecule has 1 aromatic carbocycles. The number of carboxylic acid groups (broad SMARTS) is 1. The largest absolute Gasteiger partial charge is 0.478 e. The van der Waals surface area contributed by atoms with Crippen LogP contribution in [-0.2, 0) is 11.8 Å². The van der Waals surface area contributed by atoms with Gasteiger partial charge in [0.2, 0.25) is 0 Å². The Bertz CT molecular complexity index is 906. The summed E-state index contributed by atoms with van der Waals surface area (Å²) in [6.45, 7) is 1.85. The molecule has 0 bridgehead atoms. The summed E-state index contributed by atoms with van der Waals surface area (Å²) in [6, 6.07) is 7.63. The third kappa shape index (κ3) is 2.29. The topological polar surface area (TPSA) is 60.0 Å². The molecular formula is C16H14ClN3O2. The first kappa shape index (κ1) is 14.4. The van der Waals surface area contributed by atoms with Crippen molar-refractivity contribution in [2.75, 3.05) is 0 Å². The second-order valence-electron chi connectivity index (χ2n) is 4.98. The molecule has 3 rings (SSSR count). The van der Waals surface area contributed by atoms with Gasteiger partial charge in [-0.3, -0.25) is 4.68 Å². The minimum absolute atomic E-state index is 0.678. The van der Waals surface area contributed by atoms with Gasteiger partial charge in [0, 0.05) is 35.3 Å². The predicted molar refractivity (Wildman–Crippen MR) is 86.5 cm³/mol. The summed E-state index contributed by atoms with van der Waals surface area (Å²) in [6.07, 6.45) is 4.59. The van der Waals surface area contributed by atoms with E-state index in [0.29, 0.717) is 5.02 Å². The van der Waals surface area contributed by atoms with Crippen LogP contribution >= 0.6 is 11.6 Å². The summed E-state index contributed by atoms with van der Waals surface area (Å²) in [5.74, 6) is -0.193. The summed E-state index contributed by atoms with van der Waals surface area (Å²) in [5.41, 5.74) is 2.47. The Kier molecular flexibility index (Phi) is 3.50. The molecule has 22 heavy (non-hydrogen) atoms. The average Bonchev–Trinajstić information content (AvgIpc) is 2.98. The molecular weight excluding hydrogens is 302 g/mol. The number of fused-ring (bicyclic) bond motifs is 1. The zero-order valence-corrected chi connectivity index (χ0v) is 12.9. The molecule has 0 aliphatic rings. The summed E-state index contributed by atoms with van der Waals surface area (Å²) >= 11 is 6.22. The fourth-order valence-corrected chi connectivity index (χ4v) is 2.85. The van der Waals surface area contributed by atoms with Gasteiger partial charge < -0.3 is 9.67 Å². The van der Waals surface area contributed by atoms with Crippen molar-refractivity contribution in [1.29, 1.82) is 0 Å². The van der Waals surface area contributed by atoms with Gasteiger partial charge in [-0.05, 0) is 31.2 Å². The third-order valence-electron chi connectivity index (χ3n) is 3.54. The van der Waals surface area contributed by atoms with Crippen LogP contribution in [0.3, 0.4) is 0 Å². The van der Waals surface area contributed by atoms with Crippen LogP contribution in [0.25, 0.3) is 22.8 Å². The predicted octanol–water partition coefficient (Wildman–Crippen LogP) is 3.42. The molecule has 3 aromatic rings. The molecule has 0 aliphatic carbocycles. The Balaban J connectivity index is 2.27. The minimum Gasteiger partial charge on any atom is -0.478 e. The molecule has 0 radical (unpaired) electrons. The molecule has 0 unspecified atom stereocenters. The number of aryl methyl sites for hydroxylation is 2. The molecule has 5 nitrogen and oxygen atoms in total. The number of rotatable bonds is 3. The first-order valence-electron chi connectivity index (χ1n) is 6.69. The SMILES string of the molecule is Cc1nn(C)c(-n2ccc3c(Cl)cccc32)c1/C=C/C(=O)O. The zero-order valence-electron chi connectivity index (χ0n) is 12.1. The first-order chi connectivity index (χ1) is 10.5. The first-order valence-corrected chi connectivity index (χ1v) is 7.07. The van der Waals surface area contributed by atoms with E-state index in [9.17, 15) is 4.79 Å². The molecule has 0 fully saturated rings. The molecule has 1 N–H and O–H groups in total. The second kappa shape index (κ2) is 5.35. The third-order valence-corrected chi connectivity index (χ3v) is 3.87. The van der Waals surface area contributed by atoms with Gasteiger partial charge in [-0.2, -0.15) is 5.10 Å². The number of aliphatic carboxylic acids is 1. The standard InChI is InChI=1S/C16H14ClN3O2/c1-10-11(6-7-15(21)22)16(19(2)18-10)20-9-8-12-13(17)4-3-5-14(12)20/h3-9H,1-2H3,(H,21,22)/b7-6+. The van der Waals surface area contributed by atoms with E-state index < -0.39 is 5.97 Å². The van der Waals surface area contributed by atoms with Crippen molar-refractivity contribution in [3.8, 4) is 5.82 Å². The Hall–Kier alpha value is -2.53. The highest BCUT2D eigenvalue weighted by Crippen LogP contribution is 2.29. The molecule has 112 valence electrons. The second-order valence-corrected chi connectivity index (χ2v) is 5.38. The highest BCUT2D eigenvalue weighted by atomic mass is 35.5. The van der Waals surface area contributed by atoms with Crippen LogP contribution in [0.1, 0.15) is 11.3 Å².